The first-order valence-corrected chi connectivity index (χ1v) is 5.85. The van der Waals surface area contributed by atoms with Crippen LogP contribution in [0.5, 0.6) is 5.75 Å². The van der Waals surface area contributed by atoms with Crippen molar-refractivity contribution in [2.75, 3.05) is 7.11 Å². The number of rotatable bonds is 5. The number of benzene rings is 1. The average Bonchev–Trinajstić information content (AvgIpc) is 2.25. The van der Waals surface area contributed by atoms with Gasteiger partial charge in [-0.25, -0.2) is 0 Å². The molecule has 2 nitrogen and oxygen atoms in total. The SMILES string of the molecule is COc1cccc(CC(C(C)C)C(C)O)c1. The van der Waals surface area contributed by atoms with Crippen molar-refractivity contribution < 1.29 is 9.84 Å². The molecule has 2 heteroatoms. The van der Waals surface area contributed by atoms with E-state index >= 15 is 0 Å². The lowest BCUT2D eigenvalue weighted by Crippen LogP contribution is -2.24. The van der Waals surface area contributed by atoms with Crippen molar-refractivity contribution in [3.05, 3.63) is 29.8 Å². The Kier molecular flexibility index (Phi) is 4.81. The van der Waals surface area contributed by atoms with E-state index in [4.69, 9.17) is 4.74 Å². The monoisotopic (exact) mass is 222 g/mol. The zero-order valence-electron chi connectivity index (χ0n) is 10.6. The number of aliphatic hydroxyl groups excluding tert-OH is 1. The van der Waals surface area contributed by atoms with E-state index in [9.17, 15) is 5.11 Å². The Labute approximate surface area is 98.3 Å². The molecule has 0 aromatic heterocycles. The van der Waals surface area contributed by atoms with Gasteiger partial charge in [0.1, 0.15) is 5.75 Å². The number of hydrogen-bond acceptors (Lipinski definition) is 2. The van der Waals surface area contributed by atoms with Gasteiger partial charge in [-0.05, 0) is 42.9 Å². The maximum atomic E-state index is 9.74. The van der Waals surface area contributed by atoms with Crippen LogP contribution < -0.4 is 4.74 Å². The van der Waals surface area contributed by atoms with Gasteiger partial charge in [0.2, 0.25) is 0 Å². The van der Waals surface area contributed by atoms with Gasteiger partial charge in [0, 0.05) is 0 Å². The summed E-state index contributed by atoms with van der Waals surface area (Å²) < 4.78 is 5.19. The van der Waals surface area contributed by atoms with Crippen molar-refractivity contribution in [3.63, 3.8) is 0 Å². The van der Waals surface area contributed by atoms with E-state index in [1.165, 1.54) is 5.56 Å². The van der Waals surface area contributed by atoms with Crippen molar-refractivity contribution in [1.29, 1.82) is 0 Å². The molecule has 2 atom stereocenters. The van der Waals surface area contributed by atoms with E-state index in [0.29, 0.717) is 11.8 Å². The highest BCUT2D eigenvalue weighted by atomic mass is 16.5. The minimum atomic E-state index is -0.272. The Morgan fingerprint density at radius 3 is 2.44 bits per heavy atom. The fourth-order valence-corrected chi connectivity index (χ4v) is 2.03. The lowest BCUT2D eigenvalue weighted by atomic mass is 9.85. The zero-order chi connectivity index (χ0) is 12.1. The predicted octanol–water partition coefficient (Wildman–Crippen LogP) is 2.89. The number of aliphatic hydroxyl groups is 1. The normalized spacial score (nSPS) is 14.9. The molecule has 0 saturated heterocycles. The van der Waals surface area contributed by atoms with Crippen LogP contribution in [0.4, 0.5) is 0 Å². The highest BCUT2D eigenvalue weighted by Gasteiger charge is 2.19. The Bertz CT molecular complexity index is 310. The molecular formula is C14H22O2. The first kappa shape index (κ1) is 13.0. The van der Waals surface area contributed by atoms with Crippen molar-refractivity contribution >= 4 is 0 Å². The third-order valence-electron chi connectivity index (χ3n) is 3.08. The van der Waals surface area contributed by atoms with Gasteiger partial charge in [0.15, 0.2) is 0 Å². The summed E-state index contributed by atoms with van der Waals surface area (Å²) in [6.45, 7) is 6.17. The molecule has 0 heterocycles. The molecule has 0 fully saturated rings. The average molecular weight is 222 g/mol. The molecule has 16 heavy (non-hydrogen) atoms. The van der Waals surface area contributed by atoms with Crippen LogP contribution >= 0.6 is 0 Å². The molecule has 0 radical (unpaired) electrons. The van der Waals surface area contributed by atoms with Crippen LogP contribution in [0.15, 0.2) is 24.3 Å². The van der Waals surface area contributed by atoms with Crippen LogP contribution in [-0.2, 0) is 6.42 Å². The molecule has 0 amide bonds. The van der Waals surface area contributed by atoms with Crippen LogP contribution in [0, 0.1) is 11.8 Å². The molecule has 1 rings (SSSR count). The molecular weight excluding hydrogens is 200 g/mol. The third-order valence-corrected chi connectivity index (χ3v) is 3.08. The summed E-state index contributed by atoms with van der Waals surface area (Å²) in [5, 5.41) is 9.74. The largest absolute Gasteiger partial charge is 0.497 e. The maximum Gasteiger partial charge on any atom is 0.119 e. The minimum Gasteiger partial charge on any atom is -0.497 e. The highest BCUT2D eigenvalue weighted by molar-refractivity contribution is 5.28. The number of methoxy groups -OCH3 is 1. The molecule has 1 aromatic rings. The summed E-state index contributed by atoms with van der Waals surface area (Å²) in [4.78, 5) is 0. The lowest BCUT2D eigenvalue weighted by Gasteiger charge is -2.24. The first-order valence-electron chi connectivity index (χ1n) is 5.85. The van der Waals surface area contributed by atoms with Crippen molar-refractivity contribution in [1.82, 2.24) is 0 Å². The van der Waals surface area contributed by atoms with Crippen molar-refractivity contribution in [3.8, 4) is 5.75 Å². The van der Waals surface area contributed by atoms with Crippen LogP contribution in [0.2, 0.25) is 0 Å². The molecule has 2 unspecified atom stereocenters. The number of ether oxygens (including phenoxy) is 1. The van der Waals surface area contributed by atoms with E-state index < -0.39 is 0 Å². The van der Waals surface area contributed by atoms with Crippen LogP contribution in [0.25, 0.3) is 0 Å². The quantitative estimate of drug-likeness (QED) is 0.830. The van der Waals surface area contributed by atoms with E-state index in [1.807, 2.05) is 25.1 Å². The standard InChI is InChI=1S/C14H22O2/c1-10(2)14(11(3)15)9-12-6-5-7-13(8-12)16-4/h5-8,10-11,14-15H,9H2,1-4H3. The van der Waals surface area contributed by atoms with Gasteiger partial charge < -0.3 is 9.84 Å². The van der Waals surface area contributed by atoms with Crippen LogP contribution in [-0.4, -0.2) is 18.3 Å². The summed E-state index contributed by atoms with van der Waals surface area (Å²) in [5.74, 6) is 1.66. The smallest absolute Gasteiger partial charge is 0.119 e. The highest BCUT2D eigenvalue weighted by Crippen LogP contribution is 2.23. The second-order valence-electron chi connectivity index (χ2n) is 4.70. The molecule has 0 bridgehead atoms. The summed E-state index contributed by atoms with van der Waals surface area (Å²) in [6.07, 6.45) is 0.623. The third kappa shape index (κ3) is 3.53. The summed E-state index contributed by atoms with van der Waals surface area (Å²) in [5.41, 5.74) is 1.22. The molecule has 1 aromatic carbocycles. The summed E-state index contributed by atoms with van der Waals surface area (Å²) >= 11 is 0. The fourth-order valence-electron chi connectivity index (χ4n) is 2.03. The van der Waals surface area contributed by atoms with Crippen LogP contribution in [0.3, 0.4) is 0 Å². The molecule has 1 N–H and O–H groups in total. The lowest BCUT2D eigenvalue weighted by molar-refractivity contribution is 0.0976. The predicted molar refractivity (Wildman–Crippen MR) is 66.7 cm³/mol. The maximum absolute atomic E-state index is 9.74. The Morgan fingerprint density at radius 1 is 1.25 bits per heavy atom. The first-order chi connectivity index (χ1) is 7.54. The van der Waals surface area contributed by atoms with Gasteiger partial charge in [0.05, 0.1) is 13.2 Å². The Hall–Kier alpha value is -1.02. The van der Waals surface area contributed by atoms with Crippen LogP contribution in [0.1, 0.15) is 26.3 Å². The van der Waals surface area contributed by atoms with E-state index in [1.54, 1.807) is 7.11 Å². The summed E-state index contributed by atoms with van der Waals surface area (Å²) in [6, 6.07) is 8.06. The van der Waals surface area contributed by atoms with Gasteiger partial charge in [-0.15, -0.1) is 0 Å². The zero-order valence-corrected chi connectivity index (χ0v) is 10.6. The molecule has 90 valence electrons. The topological polar surface area (TPSA) is 29.5 Å². The molecule has 0 aliphatic carbocycles. The second-order valence-corrected chi connectivity index (χ2v) is 4.70. The van der Waals surface area contributed by atoms with Gasteiger partial charge in [0.25, 0.3) is 0 Å². The van der Waals surface area contributed by atoms with E-state index in [0.717, 1.165) is 12.2 Å². The Balaban J connectivity index is 2.77. The summed E-state index contributed by atoms with van der Waals surface area (Å²) in [7, 11) is 1.67. The Morgan fingerprint density at radius 2 is 1.94 bits per heavy atom. The van der Waals surface area contributed by atoms with Crippen molar-refractivity contribution in [2.45, 2.75) is 33.3 Å². The number of hydrogen-bond donors (Lipinski definition) is 1. The molecule has 0 spiro atoms. The van der Waals surface area contributed by atoms with E-state index in [-0.39, 0.29) is 6.10 Å². The second kappa shape index (κ2) is 5.90. The van der Waals surface area contributed by atoms with Gasteiger partial charge in [-0.3, -0.25) is 0 Å². The molecule has 0 aliphatic heterocycles. The molecule has 0 aliphatic rings. The minimum absolute atomic E-state index is 0.272. The van der Waals surface area contributed by atoms with Crippen molar-refractivity contribution in [2.24, 2.45) is 11.8 Å². The van der Waals surface area contributed by atoms with Gasteiger partial charge in [-0.1, -0.05) is 26.0 Å². The van der Waals surface area contributed by atoms with E-state index in [2.05, 4.69) is 19.9 Å². The molecule has 0 saturated carbocycles. The van der Waals surface area contributed by atoms with Gasteiger partial charge in [-0.2, -0.15) is 0 Å². The fraction of sp³-hybridized carbons (Fsp3) is 0.571. The van der Waals surface area contributed by atoms with Gasteiger partial charge >= 0.3 is 0 Å².